The number of aliphatic imine (C=N–C) groups is 1. The van der Waals surface area contributed by atoms with Crippen molar-refractivity contribution in [1.82, 2.24) is 5.32 Å². The number of benzene rings is 5. The molecule has 0 unspecified atom stereocenters. The maximum absolute atomic E-state index is 13.3. The predicted octanol–water partition coefficient (Wildman–Crippen LogP) is 6.31. The Morgan fingerprint density at radius 1 is 0.792 bits per heavy atom. The number of nitrogens with one attached hydrogen (secondary N) is 1. The highest BCUT2D eigenvalue weighted by Gasteiger charge is 2.24. The van der Waals surface area contributed by atoms with Gasteiger partial charge in [-0.25, -0.2) is 4.79 Å². The topological polar surface area (TPSA) is 138 Å². The number of carbonyl (C=O) groups is 2. The highest BCUT2D eigenvalue weighted by molar-refractivity contribution is 6.09. The van der Waals surface area contributed by atoms with E-state index in [-0.39, 0.29) is 38.0 Å². The van der Waals surface area contributed by atoms with Crippen molar-refractivity contribution in [1.29, 1.82) is 0 Å². The van der Waals surface area contributed by atoms with Gasteiger partial charge in [0.2, 0.25) is 0 Å². The summed E-state index contributed by atoms with van der Waals surface area (Å²) < 4.78 is 17.9. The summed E-state index contributed by atoms with van der Waals surface area (Å²) in [5, 5.41) is 6.74. The summed E-state index contributed by atoms with van der Waals surface area (Å²) >= 11 is 0. The van der Waals surface area contributed by atoms with Gasteiger partial charge in [-0.1, -0.05) is 104 Å². The number of rotatable bonds is 15. The fraction of sp³-hybridized carbons (Fsp3) is 0.184. The van der Waals surface area contributed by atoms with E-state index in [9.17, 15) is 9.59 Å². The Balaban J connectivity index is 0.00000520. The van der Waals surface area contributed by atoms with E-state index >= 15 is 0 Å². The Morgan fingerprint density at radius 2 is 1.38 bits per heavy atom. The quantitative estimate of drug-likeness (QED) is 0.0392. The molecule has 5 rings (SSSR count). The lowest BCUT2D eigenvalue weighted by Gasteiger charge is -2.20. The van der Waals surface area contributed by atoms with Gasteiger partial charge in [0.1, 0.15) is 30.8 Å². The van der Waals surface area contributed by atoms with Gasteiger partial charge >= 0.3 is 5.97 Å². The van der Waals surface area contributed by atoms with E-state index in [1.807, 2.05) is 103 Å². The summed E-state index contributed by atoms with van der Waals surface area (Å²) in [6.45, 7) is 4.17. The lowest BCUT2D eigenvalue weighted by Crippen LogP contribution is -2.44. The predicted molar refractivity (Wildman–Crippen MR) is 193 cm³/mol. The van der Waals surface area contributed by atoms with E-state index in [0.717, 1.165) is 38.2 Å². The Labute approximate surface area is 286 Å². The van der Waals surface area contributed by atoms with Crippen LogP contribution in [-0.2, 0) is 20.9 Å². The number of nitrogens with zero attached hydrogens (tertiary/aromatic N) is 1. The van der Waals surface area contributed by atoms with Crippen molar-refractivity contribution < 1.29 is 23.8 Å². The minimum absolute atomic E-state index is 0. The number of amides is 1. The van der Waals surface area contributed by atoms with Crippen molar-refractivity contribution in [3.05, 3.63) is 121 Å². The van der Waals surface area contributed by atoms with Crippen LogP contribution in [0.3, 0.4) is 0 Å². The van der Waals surface area contributed by atoms with Crippen LogP contribution in [-0.4, -0.2) is 43.6 Å². The van der Waals surface area contributed by atoms with Crippen molar-refractivity contribution in [2.24, 2.45) is 16.5 Å². The van der Waals surface area contributed by atoms with Crippen LogP contribution >= 0.6 is 12.4 Å². The lowest BCUT2D eigenvalue weighted by atomic mass is 9.92. The zero-order chi connectivity index (χ0) is 33.0. The maximum atomic E-state index is 13.3. The third kappa shape index (κ3) is 9.04. The van der Waals surface area contributed by atoms with Crippen LogP contribution in [0, 0.1) is 0 Å². The van der Waals surface area contributed by atoms with Crippen LogP contribution in [0.5, 0.6) is 11.5 Å². The molecule has 0 spiro atoms. The van der Waals surface area contributed by atoms with Gasteiger partial charge in [-0.05, 0) is 52.1 Å². The molecule has 48 heavy (non-hydrogen) atoms. The number of hydrogen-bond donors (Lipinski definition) is 3. The van der Waals surface area contributed by atoms with Gasteiger partial charge < -0.3 is 31.0 Å². The molecule has 0 heterocycles. The van der Waals surface area contributed by atoms with Crippen molar-refractivity contribution in [3.63, 3.8) is 0 Å². The Morgan fingerprint density at radius 3 is 1.98 bits per heavy atom. The van der Waals surface area contributed by atoms with Crippen molar-refractivity contribution in [2.75, 3.05) is 19.8 Å². The van der Waals surface area contributed by atoms with Gasteiger partial charge in [0.05, 0.1) is 0 Å². The molecule has 0 aliphatic heterocycles. The molecule has 0 aromatic heterocycles. The van der Waals surface area contributed by atoms with Gasteiger partial charge in [-0.15, -0.1) is 12.4 Å². The Kier molecular flexibility index (Phi) is 12.8. The van der Waals surface area contributed by atoms with Crippen LogP contribution in [0.2, 0.25) is 0 Å². The van der Waals surface area contributed by atoms with Crippen LogP contribution in [0.1, 0.15) is 18.4 Å². The molecule has 0 aliphatic rings. The summed E-state index contributed by atoms with van der Waals surface area (Å²) in [4.78, 5) is 30.4. The number of ether oxygens (including phenoxy) is 3. The first-order valence-electron chi connectivity index (χ1n) is 15.4. The summed E-state index contributed by atoms with van der Waals surface area (Å²) in [6, 6.07) is 32.2. The van der Waals surface area contributed by atoms with Crippen LogP contribution in [0.4, 0.5) is 0 Å². The maximum Gasteiger partial charge on any atom is 0.328 e. The second-order valence-electron chi connectivity index (χ2n) is 10.9. The largest absolute Gasteiger partial charge is 0.489 e. The van der Waals surface area contributed by atoms with Crippen molar-refractivity contribution >= 4 is 51.8 Å². The number of esters is 1. The minimum atomic E-state index is -0.919. The first-order chi connectivity index (χ1) is 22.9. The molecule has 0 radical (unpaired) electrons. The molecule has 1 amide bonds. The van der Waals surface area contributed by atoms with Gasteiger partial charge in [-0.3, -0.25) is 9.79 Å². The standard InChI is InChI=1S/C38H38N4O5.ClH/c1-2-23-45-32-20-18-27-13-6-8-15-29(27)35(32)36-30-16-9-7-14-28(30)19-21-33(36)46-25-34(43)42-31(17-10-22-41-38(39)40)37(44)47-24-26-11-4-3-5-12-26;/h2-9,11-16,18-21,31H,1,10,17,22-25H2,(H,42,43)(H4,39,40,41);1H/t31-;/m1./s1. The second-order valence-corrected chi connectivity index (χ2v) is 10.9. The zero-order valence-corrected chi connectivity index (χ0v) is 27.3. The minimum Gasteiger partial charge on any atom is -0.489 e. The third-order valence-electron chi connectivity index (χ3n) is 7.54. The van der Waals surface area contributed by atoms with E-state index in [1.165, 1.54) is 0 Å². The zero-order valence-electron chi connectivity index (χ0n) is 26.5. The van der Waals surface area contributed by atoms with Gasteiger partial charge in [0.15, 0.2) is 12.6 Å². The average Bonchev–Trinajstić information content (AvgIpc) is 3.10. The van der Waals surface area contributed by atoms with E-state index < -0.39 is 17.9 Å². The van der Waals surface area contributed by atoms with Crippen LogP contribution in [0.15, 0.2) is 121 Å². The fourth-order valence-corrected chi connectivity index (χ4v) is 5.37. The molecule has 0 bridgehead atoms. The highest BCUT2D eigenvalue weighted by atomic mass is 35.5. The number of halogens is 1. The second kappa shape index (κ2) is 17.4. The molecule has 1 atom stereocenters. The number of carbonyl (C=O) groups excluding carboxylic acids is 2. The molecule has 5 N–H and O–H groups in total. The lowest BCUT2D eigenvalue weighted by molar-refractivity contribution is -0.149. The Hall–Kier alpha value is -5.54. The molecule has 5 aromatic rings. The normalized spacial score (nSPS) is 11.2. The first kappa shape index (κ1) is 35.3. The van der Waals surface area contributed by atoms with E-state index in [1.54, 1.807) is 6.08 Å². The summed E-state index contributed by atoms with van der Waals surface area (Å²) in [5.74, 6) is 0.0821. The molecule has 248 valence electrons. The third-order valence-corrected chi connectivity index (χ3v) is 7.54. The van der Waals surface area contributed by atoms with Crippen LogP contribution < -0.4 is 26.3 Å². The number of guanidine groups is 1. The molecule has 0 aliphatic carbocycles. The number of nitrogens with two attached hydrogens (primary N) is 2. The van der Waals surface area contributed by atoms with Gasteiger partial charge in [0, 0.05) is 17.7 Å². The van der Waals surface area contributed by atoms with Crippen LogP contribution in [0.25, 0.3) is 32.7 Å². The summed E-state index contributed by atoms with van der Waals surface area (Å²) in [6.07, 6.45) is 2.42. The summed E-state index contributed by atoms with van der Waals surface area (Å²) in [5.41, 5.74) is 13.4. The molecule has 0 saturated carbocycles. The molecule has 10 heteroatoms. The van der Waals surface area contributed by atoms with Crippen molar-refractivity contribution in [3.8, 4) is 22.6 Å². The molecule has 5 aromatic carbocycles. The molecule has 0 saturated heterocycles. The molecular weight excluding hydrogens is 628 g/mol. The van der Waals surface area contributed by atoms with E-state index in [2.05, 4.69) is 16.9 Å². The SMILES string of the molecule is C=CCOc1ccc2ccccc2c1-c1c(OCC(=O)N[C@H](CCCN=C(N)N)C(=O)OCc2ccccc2)ccc2ccccc12.Cl. The van der Waals surface area contributed by atoms with Crippen molar-refractivity contribution in [2.45, 2.75) is 25.5 Å². The number of fused-ring (bicyclic) bond motifs is 2. The average molecular weight is 667 g/mol. The van der Waals surface area contributed by atoms with E-state index in [0.29, 0.717) is 31.1 Å². The fourth-order valence-electron chi connectivity index (χ4n) is 5.37. The van der Waals surface area contributed by atoms with E-state index in [4.69, 9.17) is 25.7 Å². The molecule has 0 fully saturated rings. The van der Waals surface area contributed by atoms with Gasteiger partial charge in [-0.2, -0.15) is 0 Å². The monoisotopic (exact) mass is 666 g/mol. The Bertz CT molecular complexity index is 1890. The van der Waals surface area contributed by atoms with Gasteiger partial charge in [0.25, 0.3) is 5.91 Å². The molecular formula is C38H39ClN4O5. The molecule has 9 nitrogen and oxygen atoms in total. The number of hydrogen-bond acceptors (Lipinski definition) is 6. The first-order valence-corrected chi connectivity index (χ1v) is 15.4. The highest BCUT2D eigenvalue weighted by Crippen LogP contribution is 2.45. The smallest absolute Gasteiger partial charge is 0.328 e. The summed E-state index contributed by atoms with van der Waals surface area (Å²) in [7, 11) is 0.